The molecular formula is C11H8FNOS. The van der Waals surface area contributed by atoms with Gasteiger partial charge in [-0.05, 0) is 12.1 Å². The third-order valence-corrected chi connectivity index (χ3v) is 2.83. The van der Waals surface area contributed by atoms with Crippen LogP contribution in [-0.4, -0.2) is 10.8 Å². The quantitative estimate of drug-likeness (QED) is 0.729. The van der Waals surface area contributed by atoms with E-state index in [0.29, 0.717) is 16.3 Å². The topological polar surface area (TPSA) is 30.0 Å². The summed E-state index contributed by atoms with van der Waals surface area (Å²) in [6.07, 6.45) is 0. The monoisotopic (exact) mass is 221 g/mol. The fraction of sp³-hybridized carbons (Fsp3) is 0.0909. The van der Waals surface area contributed by atoms with Gasteiger partial charge in [-0.1, -0.05) is 12.1 Å². The fourth-order valence-corrected chi connectivity index (χ4v) is 2.05. The molecule has 0 saturated heterocycles. The van der Waals surface area contributed by atoms with Gasteiger partial charge < -0.3 is 0 Å². The molecule has 0 unspecified atom stereocenters. The van der Waals surface area contributed by atoms with Crippen LogP contribution in [0.2, 0.25) is 0 Å². The Morgan fingerprint density at radius 2 is 2.27 bits per heavy atom. The second-order valence-electron chi connectivity index (χ2n) is 3.10. The van der Waals surface area contributed by atoms with Gasteiger partial charge in [0, 0.05) is 17.9 Å². The molecule has 0 N–H and O–H groups in total. The number of carbonyl (C=O) groups is 1. The van der Waals surface area contributed by atoms with E-state index in [2.05, 4.69) is 4.98 Å². The summed E-state index contributed by atoms with van der Waals surface area (Å²) >= 11 is 1.34. The van der Waals surface area contributed by atoms with Crippen molar-refractivity contribution in [2.45, 2.75) is 6.92 Å². The predicted molar refractivity (Wildman–Crippen MR) is 57.5 cm³/mol. The molecule has 1 heterocycles. The molecule has 1 aromatic carbocycles. The highest BCUT2D eigenvalue weighted by Crippen LogP contribution is 2.24. The lowest BCUT2D eigenvalue weighted by atomic mass is 10.2. The van der Waals surface area contributed by atoms with Gasteiger partial charge in [0.25, 0.3) is 0 Å². The fourth-order valence-electron chi connectivity index (χ4n) is 1.19. The zero-order valence-corrected chi connectivity index (χ0v) is 8.84. The molecule has 0 aliphatic heterocycles. The Kier molecular flexibility index (Phi) is 2.60. The van der Waals surface area contributed by atoms with Gasteiger partial charge >= 0.3 is 0 Å². The van der Waals surface area contributed by atoms with Gasteiger partial charge in [0.15, 0.2) is 5.78 Å². The van der Waals surface area contributed by atoms with Crippen molar-refractivity contribution in [3.8, 4) is 10.6 Å². The van der Waals surface area contributed by atoms with Crippen LogP contribution in [0.15, 0.2) is 29.6 Å². The minimum atomic E-state index is -0.299. The smallest absolute Gasteiger partial charge is 0.178 e. The Morgan fingerprint density at radius 3 is 2.87 bits per heavy atom. The second kappa shape index (κ2) is 3.90. The zero-order chi connectivity index (χ0) is 10.8. The number of nitrogens with zero attached hydrogens (tertiary/aromatic N) is 1. The van der Waals surface area contributed by atoms with E-state index < -0.39 is 0 Å². The molecule has 0 bridgehead atoms. The predicted octanol–water partition coefficient (Wildman–Crippen LogP) is 3.15. The maximum atomic E-state index is 12.9. The average molecular weight is 221 g/mol. The molecule has 15 heavy (non-hydrogen) atoms. The lowest BCUT2D eigenvalue weighted by Gasteiger charge is -1.94. The Balaban J connectivity index is 2.41. The molecule has 76 valence electrons. The number of rotatable bonds is 2. The van der Waals surface area contributed by atoms with Crippen molar-refractivity contribution in [3.63, 3.8) is 0 Å². The van der Waals surface area contributed by atoms with Crippen LogP contribution in [0, 0.1) is 5.82 Å². The van der Waals surface area contributed by atoms with Gasteiger partial charge in [0.1, 0.15) is 16.5 Å². The molecule has 0 fully saturated rings. The van der Waals surface area contributed by atoms with E-state index in [-0.39, 0.29) is 11.6 Å². The van der Waals surface area contributed by atoms with Crippen LogP contribution in [0.3, 0.4) is 0 Å². The number of benzene rings is 1. The van der Waals surface area contributed by atoms with Crippen LogP contribution >= 0.6 is 11.3 Å². The van der Waals surface area contributed by atoms with E-state index in [0.717, 1.165) is 0 Å². The summed E-state index contributed by atoms with van der Waals surface area (Å²) in [7, 11) is 0. The summed E-state index contributed by atoms with van der Waals surface area (Å²) in [6.45, 7) is 1.46. The molecule has 4 heteroatoms. The molecule has 0 spiro atoms. The first-order valence-electron chi connectivity index (χ1n) is 4.39. The molecular weight excluding hydrogens is 213 g/mol. The summed E-state index contributed by atoms with van der Waals surface area (Å²) in [6, 6.07) is 6.18. The Bertz CT molecular complexity index is 507. The maximum absolute atomic E-state index is 12.9. The Morgan fingerprint density at radius 1 is 1.47 bits per heavy atom. The molecule has 2 rings (SSSR count). The van der Waals surface area contributed by atoms with Crippen molar-refractivity contribution in [1.82, 2.24) is 4.98 Å². The first-order valence-corrected chi connectivity index (χ1v) is 5.27. The SMILES string of the molecule is CC(=O)c1csc(-c2cccc(F)c2)n1. The minimum Gasteiger partial charge on any atom is -0.293 e. The van der Waals surface area contributed by atoms with Crippen LogP contribution in [0.1, 0.15) is 17.4 Å². The molecule has 0 atom stereocenters. The molecule has 2 nitrogen and oxygen atoms in total. The number of aromatic nitrogens is 1. The molecule has 0 saturated carbocycles. The van der Waals surface area contributed by atoms with Crippen molar-refractivity contribution in [2.75, 3.05) is 0 Å². The molecule has 2 aromatic rings. The van der Waals surface area contributed by atoms with Crippen molar-refractivity contribution in [1.29, 1.82) is 0 Å². The van der Waals surface area contributed by atoms with Crippen LogP contribution < -0.4 is 0 Å². The standard InChI is InChI=1S/C11H8FNOS/c1-7(14)10-6-15-11(13-10)8-3-2-4-9(12)5-8/h2-6H,1H3. The lowest BCUT2D eigenvalue weighted by molar-refractivity contribution is 0.101. The van der Waals surface area contributed by atoms with Gasteiger partial charge in [-0.3, -0.25) is 4.79 Å². The van der Waals surface area contributed by atoms with E-state index in [4.69, 9.17) is 0 Å². The van der Waals surface area contributed by atoms with Gasteiger partial charge in [-0.2, -0.15) is 0 Å². The Labute approximate surface area is 90.4 Å². The van der Waals surface area contributed by atoms with Gasteiger partial charge in [-0.15, -0.1) is 11.3 Å². The van der Waals surface area contributed by atoms with Crippen molar-refractivity contribution < 1.29 is 9.18 Å². The molecule has 0 aliphatic rings. The highest BCUT2D eigenvalue weighted by Gasteiger charge is 2.07. The molecule has 0 amide bonds. The first kappa shape index (κ1) is 9.98. The van der Waals surface area contributed by atoms with E-state index in [9.17, 15) is 9.18 Å². The normalized spacial score (nSPS) is 10.3. The van der Waals surface area contributed by atoms with Crippen LogP contribution in [0.4, 0.5) is 4.39 Å². The van der Waals surface area contributed by atoms with Crippen molar-refractivity contribution >= 4 is 17.1 Å². The third kappa shape index (κ3) is 2.10. The largest absolute Gasteiger partial charge is 0.293 e. The maximum Gasteiger partial charge on any atom is 0.178 e. The van der Waals surface area contributed by atoms with Crippen molar-refractivity contribution in [2.24, 2.45) is 0 Å². The van der Waals surface area contributed by atoms with E-state index in [1.54, 1.807) is 17.5 Å². The van der Waals surface area contributed by atoms with Crippen LogP contribution in [0.25, 0.3) is 10.6 Å². The number of thiazole rings is 1. The summed E-state index contributed by atoms with van der Waals surface area (Å²) in [4.78, 5) is 15.2. The lowest BCUT2D eigenvalue weighted by Crippen LogP contribution is -1.91. The number of hydrogen-bond donors (Lipinski definition) is 0. The summed E-state index contributed by atoms with van der Waals surface area (Å²) < 4.78 is 12.9. The third-order valence-electron chi connectivity index (χ3n) is 1.94. The van der Waals surface area contributed by atoms with Crippen LogP contribution in [-0.2, 0) is 0 Å². The summed E-state index contributed by atoms with van der Waals surface area (Å²) in [5.74, 6) is -0.374. The van der Waals surface area contributed by atoms with E-state index in [1.165, 1.54) is 30.4 Å². The molecule has 1 aromatic heterocycles. The highest BCUT2D eigenvalue weighted by atomic mass is 32.1. The molecule has 0 aliphatic carbocycles. The minimum absolute atomic E-state index is 0.0751. The van der Waals surface area contributed by atoms with Crippen molar-refractivity contribution in [3.05, 3.63) is 41.2 Å². The number of ketones is 1. The van der Waals surface area contributed by atoms with E-state index in [1.807, 2.05) is 0 Å². The number of Topliss-reactive ketones (excluding diaryl/α,β-unsaturated/α-hetero) is 1. The number of hydrogen-bond acceptors (Lipinski definition) is 3. The second-order valence-corrected chi connectivity index (χ2v) is 3.96. The first-order chi connectivity index (χ1) is 7.16. The zero-order valence-electron chi connectivity index (χ0n) is 8.03. The number of carbonyl (C=O) groups excluding carboxylic acids is 1. The Hall–Kier alpha value is -1.55. The van der Waals surface area contributed by atoms with Gasteiger partial charge in [0.2, 0.25) is 0 Å². The van der Waals surface area contributed by atoms with Gasteiger partial charge in [0.05, 0.1) is 0 Å². The summed E-state index contributed by atoms with van der Waals surface area (Å²) in [5.41, 5.74) is 1.13. The number of halogens is 1. The highest BCUT2D eigenvalue weighted by molar-refractivity contribution is 7.13. The summed E-state index contributed by atoms with van der Waals surface area (Å²) in [5, 5.41) is 2.35. The molecule has 0 radical (unpaired) electrons. The van der Waals surface area contributed by atoms with Gasteiger partial charge in [-0.25, -0.2) is 9.37 Å². The van der Waals surface area contributed by atoms with E-state index >= 15 is 0 Å². The average Bonchev–Trinajstić information content (AvgIpc) is 2.66. The van der Waals surface area contributed by atoms with Crippen LogP contribution in [0.5, 0.6) is 0 Å².